The van der Waals surface area contributed by atoms with Gasteiger partial charge in [-0.2, -0.15) is 0 Å². The predicted molar refractivity (Wildman–Crippen MR) is 130 cm³/mol. The fourth-order valence-electron chi connectivity index (χ4n) is 4.41. The molecule has 1 N–H and O–H groups in total. The van der Waals surface area contributed by atoms with Gasteiger partial charge in [-0.1, -0.05) is 17.7 Å². The summed E-state index contributed by atoms with van der Waals surface area (Å²) in [7, 11) is 1.88. The standard InChI is InChI=1S/C23H37N3O2.HI/c1-17-13-18(2)22(19(3)14-17)15-25-23(24-4)26-10-8-20(9-11-26)28-16-21-7-5-6-12-27-21;/h13-14,20-21H,5-12,15-16H2,1-4H3,(H,24,25);1H. The van der Waals surface area contributed by atoms with Gasteiger partial charge in [0, 0.05) is 33.3 Å². The van der Waals surface area contributed by atoms with E-state index in [2.05, 4.69) is 48.1 Å². The van der Waals surface area contributed by atoms with Crippen molar-refractivity contribution < 1.29 is 9.47 Å². The van der Waals surface area contributed by atoms with Crippen molar-refractivity contribution >= 4 is 29.9 Å². The summed E-state index contributed by atoms with van der Waals surface area (Å²) in [5.41, 5.74) is 5.39. The van der Waals surface area contributed by atoms with Crippen molar-refractivity contribution in [1.29, 1.82) is 0 Å². The molecule has 0 saturated carbocycles. The first kappa shape index (κ1) is 24.4. The quantitative estimate of drug-likeness (QED) is 0.360. The molecule has 0 amide bonds. The highest BCUT2D eigenvalue weighted by atomic mass is 127. The Kier molecular flexibility index (Phi) is 10.2. The van der Waals surface area contributed by atoms with Crippen LogP contribution in [0.25, 0.3) is 0 Å². The third-order valence-corrected chi connectivity index (χ3v) is 6.01. The lowest BCUT2D eigenvalue weighted by atomic mass is 10.00. The Morgan fingerprint density at radius 1 is 1.14 bits per heavy atom. The van der Waals surface area contributed by atoms with Gasteiger partial charge in [0.25, 0.3) is 0 Å². The van der Waals surface area contributed by atoms with Gasteiger partial charge in [0.2, 0.25) is 0 Å². The van der Waals surface area contributed by atoms with E-state index in [9.17, 15) is 0 Å². The topological polar surface area (TPSA) is 46.1 Å². The SMILES string of the molecule is CN=C(NCc1c(C)cc(C)cc1C)N1CCC(OCC2CCCCO2)CC1.I. The average Bonchev–Trinajstić information content (AvgIpc) is 2.70. The Morgan fingerprint density at radius 3 is 2.41 bits per heavy atom. The molecule has 0 radical (unpaired) electrons. The van der Waals surface area contributed by atoms with Gasteiger partial charge in [0.1, 0.15) is 0 Å². The molecule has 1 unspecified atom stereocenters. The summed E-state index contributed by atoms with van der Waals surface area (Å²) >= 11 is 0. The number of halogens is 1. The molecular weight excluding hydrogens is 477 g/mol. The molecule has 0 aliphatic carbocycles. The Balaban J connectivity index is 0.00000300. The third-order valence-electron chi connectivity index (χ3n) is 6.01. The predicted octanol–water partition coefficient (Wildman–Crippen LogP) is 4.36. The molecule has 2 saturated heterocycles. The smallest absolute Gasteiger partial charge is 0.193 e. The number of nitrogens with zero attached hydrogens (tertiary/aromatic N) is 2. The maximum atomic E-state index is 6.14. The van der Waals surface area contributed by atoms with E-state index in [0.29, 0.717) is 12.2 Å². The summed E-state index contributed by atoms with van der Waals surface area (Å²) < 4.78 is 11.9. The lowest BCUT2D eigenvalue weighted by Gasteiger charge is -2.35. The first-order chi connectivity index (χ1) is 13.6. The van der Waals surface area contributed by atoms with Gasteiger partial charge in [-0.3, -0.25) is 4.99 Å². The number of benzene rings is 1. The van der Waals surface area contributed by atoms with E-state index < -0.39 is 0 Å². The lowest BCUT2D eigenvalue weighted by molar-refractivity contribution is -0.0721. The Labute approximate surface area is 193 Å². The Bertz CT molecular complexity index is 643. The molecule has 2 aliphatic heterocycles. The van der Waals surface area contributed by atoms with Gasteiger partial charge in [-0.15, -0.1) is 24.0 Å². The molecule has 29 heavy (non-hydrogen) atoms. The molecule has 0 spiro atoms. The summed E-state index contributed by atoms with van der Waals surface area (Å²) in [6, 6.07) is 4.51. The minimum atomic E-state index is 0. The highest BCUT2D eigenvalue weighted by Gasteiger charge is 2.23. The Hall–Kier alpha value is -0.860. The molecule has 6 heteroatoms. The van der Waals surface area contributed by atoms with E-state index in [0.717, 1.165) is 58.1 Å². The summed E-state index contributed by atoms with van der Waals surface area (Å²) in [6.07, 6.45) is 6.37. The van der Waals surface area contributed by atoms with E-state index in [-0.39, 0.29) is 24.0 Å². The van der Waals surface area contributed by atoms with Crippen molar-refractivity contribution in [2.75, 3.05) is 33.4 Å². The second kappa shape index (κ2) is 12.1. The highest BCUT2D eigenvalue weighted by Crippen LogP contribution is 2.19. The van der Waals surface area contributed by atoms with E-state index >= 15 is 0 Å². The molecule has 2 fully saturated rings. The lowest BCUT2D eigenvalue weighted by Crippen LogP contribution is -2.47. The van der Waals surface area contributed by atoms with Gasteiger partial charge in [0.05, 0.1) is 18.8 Å². The zero-order chi connectivity index (χ0) is 19.9. The molecule has 2 heterocycles. The number of hydrogen-bond acceptors (Lipinski definition) is 3. The summed E-state index contributed by atoms with van der Waals surface area (Å²) in [5.74, 6) is 0.994. The first-order valence-electron chi connectivity index (χ1n) is 10.8. The largest absolute Gasteiger partial charge is 0.376 e. The van der Waals surface area contributed by atoms with Gasteiger partial charge in [-0.05, 0) is 69.6 Å². The van der Waals surface area contributed by atoms with Crippen molar-refractivity contribution in [2.24, 2.45) is 4.99 Å². The second-order valence-electron chi connectivity index (χ2n) is 8.29. The van der Waals surface area contributed by atoms with Crippen molar-refractivity contribution in [3.63, 3.8) is 0 Å². The number of nitrogens with one attached hydrogen (secondary N) is 1. The van der Waals surface area contributed by atoms with Gasteiger partial charge >= 0.3 is 0 Å². The van der Waals surface area contributed by atoms with E-state index in [1.54, 1.807) is 0 Å². The number of aryl methyl sites for hydroxylation is 3. The number of guanidine groups is 1. The van der Waals surface area contributed by atoms with Gasteiger partial charge in [-0.25, -0.2) is 0 Å². The van der Waals surface area contributed by atoms with Crippen LogP contribution in [-0.4, -0.2) is 56.4 Å². The molecule has 164 valence electrons. The molecule has 0 bridgehead atoms. The fraction of sp³-hybridized carbons (Fsp3) is 0.696. The molecular formula is C23H38IN3O2. The van der Waals surface area contributed by atoms with Crippen LogP contribution in [-0.2, 0) is 16.0 Å². The van der Waals surface area contributed by atoms with Crippen LogP contribution in [0.4, 0.5) is 0 Å². The monoisotopic (exact) mass is 515 g/mol. The fourth-order valence-corrected chi connectivity index (χ4v) is 4.41. The summed E-state index contributed by atoms with van der Waals surface area (Å²) in [5, 5.41) is 3.57. The second-order valence-corrected chi connectivity index (χ2v) is 8.29. The van der Waals surface area contributed by atoms with Crippen LogP contribution in [0, 0.1) is 20.8 Å². The van der Waals surface area contributed by atoms with Crippen LogP contribution < -0.4 is 5.32 Å². The van der Waals surface area contributed by atoms with Crippen molar-refractivity contribution in [2.45, 2.75) is 71.6 Å². The zero-order valence-electron chi connectivity index (χ0n) is 18.5. The minimum Gasteiger partial charge on any atom is -0.376 e. The molecule has 1 atom stereocenters. The number of rotatable bonds is 5. The summed E-state index contributed by atoms with van der Waals surface area (Å²) in [6.45, 7) is 11.0. The van der Waals surface area contributed by atoms with Crippen LogP contribution in [0.2, 0.25) is 0 Å². The molecule has 5 nitrogen and oxygen atoms in total. The molecule has 1 aromatic carbocycles. The van der Waals surface area contributed by atoms with Crippen LogP contribution in [0.3, 0.4) is 0 Å². The normalized spacial score (nSPS) is 21.0. The van der Waals surface area contributed by atoms with Crippen LogP contribution in [0.5, 0.6) is 0 Å². The Morgan fingerprint density at radius 2 is 1.83 bits per heavy atom. The minimum absolute atomic E-state index is 0. The highest BCUT2D eigenvalue weighted by molar-refractivity contribution is 14.0. The van der Waals surface area contributed by atoms with E-state index in [4.69, 9.17) is 9.47 Å². The third kappa shape index (κ3) is 7.10. The van der Waals surface area contributed by atoms with Crippen LogP contribution in [0.15, 0.2) is 17.1 Å². The van der Waals surface area contributed by atoms with E-state index in [1.165, 1.54) is 35.1 Å². The molecule has 2 aliphatic rings. The number of hydrogen-bond donors (Lipinski definition) is 1. The van der Waals surface area contributed by atoms with Crippen LogP contribution >= 0.6 is 24.0 Å². The average molecular weight is 515 g/mol. The maximum Gasteiger partial charge on any atom is 0.193 e. The molecule has 0 aromatic heterocycles. The number of ether oxygens (including phenoxy) is 2. The molecule has 3 rings (SSSR count). The van der Waals surface area contributed by atoms with Gasteiger partial charge < -0.3 is 19.7 Å². The van der Waals surface area contributed by atoms with Crippen molar-refractivity contribution in [3.05, 3.63) is 34.4 Å². The van der Waals surface area contributed by atoms with Gasteiger partial charge in [0.15, 0.2) is 5.96 Å². The number of aliphatic imine (C=N–C) groups is 1. The van der Waals surface area contributed by atoms with Crippen molar-refractivity contribution in [3.8, 4) is 0 Å². The summed E-state index contributed by atoms with van der Waals surface area (Å²) in [4.78, 5) is 6.88. The maximum absolute atomic E-state index is 6.14. The van der Waals surface area contributed by atoms with Crippen molar-refractivity contribution in [1.82, 2.24) is 10.2 Å². The van der Waals surface area contributed by atoms with Crippen LogP contribution in [0.1, 0.15) is 54.4 Å². The number of piperidine rings is 1. The first-order valence-corrected chi connectivity index (χ1v) is 10.8. The number of likely N-dealkylation sites (tertiary alicyclic amines) is 1. The zero-order valence-corrected chi connectivity index (χ0v) is 20.8. The molecule has 1 aromatic rings. The van der Waals surface area contributed by atoms with E-state index in [1.807, 2.05) is 7.05 Å².